The Kier molecular flexibility index (Phi) is 4.34. The molecule has 1 saturated heterocycles. The summed E-state index contributed by atoms with van der Waals surface area (Å²) >= 11 is 0. The molecule has 0 aromatic heterocycles. The van der Waals surface area contributed by atoms with Crippen LogP contribution in [0.15, 0.2) is 30.3 Å². The van der Waals surface area contributed by atoms with Crippen molar-refractivity contribution in [2.24, 2.45) is 0 Å². The van der Waals surface area contributed by atoms with E-state index in [-0.39, 0.29) is 18.9 Å². The molecule has 1 aromatic carbocycles. The summed E-state index contributed by atoms with van der Waals surface area (Å²) in [5, 5.41) is 2.43. The third-order valence-electron chi connectivity index (χ3n) is 3.17. The molecule has 20 heavy (non-hydrogen) atoms. The summed E-state index contributed by atoms with van der Waals surface area (Å²) in [4.78, 5) is 36.0. The maximum Gasteiger partial charge on any atom is 0.330 e. The molecule has 1 aliphatic heterocycles. The van der Waals surface area contributed by atoms with E-state index in [1.807, 2.05) is 30.3 Å². The van der Waals surface area contributed by atoms with Crippen molar-refractivity contribution >= 4 is 17.9 Å². The van der Waals surface area contributed by atoms with E-state index in [9.17, 15) is 14.4 Å². The van der Waals surface area contributed by atoms with E-state index in [1.165, 1.54) is 7.11 Å². The Balaban J connectivity index is 1.90. The zero-order valence-electron chi connectivity index (χ0n) is 11.2. The van der Waals surface area contributed by atoms with Crippen LogP contribution in [0.2, 0.25) is 0 Å². The van der Waals surface area contributed by atoms with Gasteiger partial charge in [-0.1, -0.05) is 30.3 Å². The van der Waals surface area contributed by atoms with E-state index in [0.29, 0.717) is 6.42 Å². The van der Waals surface area contributed by atoms with Crippen molar-refractivity contribution in [3.05, 3.63) is 35.9 Å². The van der Waals surface area contributed by atoms with Gasteiger partial charge in [0.25, 0.3) is 0 Å². The van der Waals surface area contributed by atoms with Crippen LogP contribution in [-0.2, 0) is 20.7 Å². The second kappa shape index (κ2) is 6.18. The molecule has 1 heterocycles. The van der Waals surface area contributed by atoms with Gasteiger partial charge < -0.3 is 10.1 Å². The molecule has 3 amide bonds. The molecule has 0 radical (unpaired) electrons. The van der Waals surface area contributed by atoms with E-state index < -0.39 is 18.0 Å². The third-order valence-corrected chi connectivity index (χ3v) is 3.17. The minimum absolute atomic E-state index is 0.0269. The van der Waals surface area contributed by atoms with Crippen LogP contribution in [0.1, 0.15) is 12.0 Å². The van der Waals surface area contributed by atoms with Gasteiger partial charge in [0.2, 0.25) is 5.91 Å². The number of methoxy groups -OCH3 is 1. The lowest BCUT2D eigenvalue weighted by Gasteiger charge is -2.12. The number of hydrogen-bond acceptors (Lipinski definition) is 4. The van der Waals surface area contributed by atoms with Crippen molar-refractivity contribution in [2.45, 2.75) is 18.9 Å². The molecule has 1 fully saturated rings. The third kappa shape index (κ3) is 3.14. The van der Waals surface area contributed by atoms with E-state index in [2.05, 4.69) is 10.1 Å². The summed E-state index contributed by atoms with van der Waals surface area (Å²) < 4.78 is 4.55. The number of benzene rings is 1. The molecule has 6 heteroatoms. The van der Waals surface area contributed by atoms with Crippen molar-refractivity contribution < 1.29 is 19.1 Å². The quantitative estimate of drug-likeness (QED) is 0.822. The van der Waals surface area contributed by atoms with Gasteiger partial charge in [0.15, 0.2) is 0 Å². The number of aryl methyl sites for hydroxylation is 1. The molecule has 0 saturated carbocycles. The number of nitrogens with zero attached hydrogens (tertiary/aromatic N) is 1. The van der Waals surface area contributed by atoms with Crippen LogP contribution in [0.4, 0.5) is 4.79 Å². The van der Waals surface area contributed by atoms with Gasteiger partial charge in [0, 0.05) is 6.42 Å². The standard InChI is InChI=1S/C14H16N2O4/c1-20-13(18)11-9-16(14(19)15-11)12(17)8-7-10-5-3-2-4-6-10/h2-6,11H,7-9H2,1H3,(H,15,19)/t11-/m1/s1. The highest BCUT2D eigenvalue weighted by Crippen LogP contribution is 2.10. The number of hydrogen-bond donors (Lipinski definition) is 1. The average Bonchev–Trinajstić information content (AvgIpc) is 2.87. The highest BCUT2D eigenvalue weighted by atomic mass is 16.5. The van der Waals surface area contributed by atoms with Crippen LogP contribution in [0, 0.1) is 0 Å². The molecule has 2 rings (SSSR count). The monoisotopic (exact) mass is 276 g/mol. The highest BCUT2D eigenvalue weighted by molar-refractivity contribution is 5.99. The fourth-order valence-corrected chi connectivity index (χ4v) is 2.06. The molecule has 0 unspecified atom stereocenters. The van der Waals surface area contributed by atoms with Crippen LogP contribution in [-0.4, -0.2) is 42.5 Å². The Hall–Kier alpha value is -2.37. The Morgan fingerprint density at radius 2 is 2.05 bits per heavy atom. The molecular weight excluding hydrogens is 260 g/mol. The minimum Gasteiger partial charge on any atom is -0.467 e. The van der Waals surface area contributed by atoms with Gasteiger partial charge >= 0.3 is 12.0 Å². The number of urea groups is 1. The zero-order chi connectivity index (χ0) is 14.5. The highest BCUT2D eigenvalue weighted by Gasteiger charge is 2.37. The Labute approximate surface area is 116 Å². The van der Waals surface area contributed by atoms with Gasteiger partial charge in [-0.3, -0.25) is 9.69 Å². The van der Waals surface area contributed by atoms with Gasteiger partial charge in [0.1, 0.15) is 6.04 Å². The van der Waals surface area contributed by atoms with Crippen LogP contribution in [0.25, 0.3) is 0 Å². The normalized spacial score (nSPS) is 17.8. The minimum atomic E-state index is -0.770. The Bertz CT molecular complexity index is 515. The summed E-state index contributed by atoms with van der Waals surface area (Å²) in [6.45, 7) is 0.0269. The predicted molar refractivity (Wildman–Crippen MR) is 70.8 cm³/mol. The largest absolute Gasteiger partial charge is 0.467 e. The number of carbonyl (C=O) groups excluding carboxylic acids is 3. The van der Waals surface area contributed by atoms with Crippen molar-refractivity contribution in [3.8, 4) is 0 Å². The molecule has 1 aromatic rings. The van der Waals surface area contributed by atoms with Crippen LogP contribution >= 0.6 is 0 Å². The molecule has 1 atom stereocenters. The first-order valence-corrected chi connectivity index (χ1v) is 6.34. The maximum atomic E-state index is 12.0. The Morgan fingerprint density at radius 1 is 1.35 bits per heavy atom. The van der Waals surface area contributed by atoms with Gasteiger partial charge in [-0.05, 0) is 12.0 Å². The second-order valence-corrected chi connectivity index (χ2v) is 4.52. The number of amides is 3. The Morgan fingerprint density at radius 3 is 2.70 bits per heavy atom. The first kappa shape index (κ1) is 14.0. The lowest BCUT2D eigenvalue weighted by molar-refractivity contribution is -0.142. The average molecular weight is 276 g/mol. The summed E-state index contributed by atoms with van der Waals surface area (Å²) in [5.74, 6) is -0.838. The van der Waals surface area contributed by atoms with Gasteiger partial charge in [-0.15, -0.1) is 0 Å². The van der Waals surface area contributed by atoms with E-state index >= 15 is 0 Å². The van der Waals surface area contributed by atoms with Gasteiger partial charge in [-0.2, -0.15) is 0 Å². The number of nitrogens with one attached hydrogen (secondary N) is 1. The van der Waals surface area contributed by atoms with Crippen molar-refractivity contribution in [3.63, 3.8) is 0 Å². The predicted octanol–water partition coefficient (Wildman–Crippen LogP) is 0.713. The number of carbonyl (C=O) groups is 3. The smallest absolute Gasteiger partial charge is 0.330 e. The number of ether oxygens (including phenoxy) is 1. The lowest BCUT2D eigenvalue weighted by atomic mass is 10.1. The van der Waals surface area contributed by atoms with Gasteiger partial charge in [-0.25, -0.2) is 9.59 Å². The molecule has 6 nitrogen and oxygen atoms in total. The van der Waals surface area contributed by atoms with Crippen molar-refractivity contribution in [2.75, 3.05) is 13.7 Å². The molecule has 1 aliphatic rings. The van der Waals surface area contributed by atoms with E-state index in [1.54, 1.807) is 0 Å². The van der Waals surface area contributed by atoms with Crippen LogP contribution in [0.3, 0.4) is 0 Å². The molecular formula is C14H16N2O4. The molecule has 1 N–H and O–H groups in total. The first-order chi connectivity index (χ1) is 9.61. The molecule has 0 aliphatic carbocycles. The SMILES string of the molecule is COC(=O)[C@H]1CN(C(=O)CCc2ccccc2)C(=O)N1. The second-order valence-electron chi connectivity index (χ2n) is 4.52. The lowest BCUT2D eigenvalue weighted by Crippen LogP contribution is -2.35. The fourth-order valence-electron chi connectivity index (χ4n) is 2.06. The number of rotatable bonds is 4. The molecule has 0 spiro atoms. The van der Waals surface area contributed by atoms with E-state index in [0.717, 1.165) is 10.5 Å². The summed E-state index contributed by atoms with van der Waals surface area (Å²) in [6.07, 6.45) is 0.789. The summed E-state index contributed by atoms with van der Waals surface area (Å²) in [5.41, 5.74) is 1.03. The topological polar surface area (TPSA) is 75.7 Å². The van der Waals surface area contributed by atoms with Crippen LogP contribution in [0.5, 0.6) is 0 Å². The van der Waals surface area contributed by atoms with Crippen LogP contribution < -0.4 is 5.32 Å². The summed E-state index contributed by atoms with van der Waals surface area (Å²) in [7, 11) is 1.24. The molecule has 106 valence electrons. The fraction of sp³-hybridized carbons (Fsp3) is 0.357. The van der Waals surface area contributed by atoms with Gasteiger partial charge in [0.05, 0.1) is 13.7 Å². The first-order valence-electron chi connectivity index (χ1n) is 6.34. The summed E-state index contributed by atoms with van der Waals surface area (Å²) in [6, 6.07) is 8.24. The number of esters is 1. The van der Waals surface area contributed by atoms with Crippen molar-refractivity contribution in [1.82, 2.24) is 10.2 Å². The zero-order valence-corrected chi connectivity index (χ0v) is 11.2. The maximum absolute atomic E-state index is 12.0. The van der Waals surface area contributed by atoms with E-state index in [4.69, 9.17) is 0 Å². The number of imide groups is 1. The van der Waals surface area contributed by atoms with Crippen molar-refractivity contribution in [1.29, 1.82) is 0 Å². The molecule has 0 bridgehead atoms.